The molecule has 0 bridgehead atoms. The average molecular weight is 446 g/mol. The highest BCUT2D eigenvalue weighted by Crippen LogP contribution is 2.34. The SMILES string of the molecule is CCCOc1ccc(C=CC(=O)Nc2sc(C(=O)OCC)c(C)c2C(=O)OCC)cc1. The first-order chi connectivity index (χ1) is 14.9. The second-order valence-corrected chi connectivity index (χ2v) is 7.46. The zero-order valence-corrected chi connectivity index (χ0v) is 19.0. The molecule has 0 aliphatic rings. The number of hydrogen-bond donors (Lipinski definition) is 1. The van der Waals surface area contributed by atoms with Gasteiger partial charge in [-0.2, -0.15) is 0 Å². The summed E-state index contributed by atoms with van der Waals surface area (Å²) < 4.78 is 15.7. The predicted molar refractivity (Wildman–Crippen MR) is 121 cm³/mol. The van der Waals surface area contributed by atoms with E-state index in [0.717, 1.165) is 29.1 Å². The maximum Gasteiger partial charge on any atom is 0.348 e. The van der Waals surface area contributed by atoms with Crippen molar-refractivity contribution in [1.82, 2.24) is 0 Å². The molecule has 2 rings (SSSR count). The number of amides is 1. The van der Waals surface area contributed by atoms with Crippen molar-refractivity contribution in [3.05, 3.63) is 51.9 Å². The second-order valence-electron chi connectivity index (χ2n) is 6.44. The number of anilines is 1. The minimum absolute atomic E-state index is 0.161. The van der Waals surface area contributed by atoms with Crippen LogP contribution in [0.15, 0.2) is 30.3 Å². The Bertz CT molecular complexity index is 946. The van der Waals surface area contributed by atoms with Crippen LogP contribution in [0.1, 0.15) is 58.3 Å². The van der Waals surface area contributed by atoms with Gasteiger partial charge in [0.2, 0.25) is 5.91 Å². The Morgan fingerprint density at radius 3 is 2.26 bits per heavy atom. The van der Waals surface area contributed by atoms with Gasteiger partial charge in [0.25, 0.3) is 0 Å². The second kappa shape index (κ2) is 11.9. The first kappa shape index (κ1) is 24.1. The fourth-order valence-corrected chi connectivity index (χ4v) is 3.75. The summed E-state index contributed by atoms with van der Waals surface area (Å²) in [5.74, 6) is -0.817. The Labute approximate surface area is 186 Å². The van der Waals surface area contributed by atoms with Crippen LogP contribution in [0.25, 0.3) is 6.08 Å². The summed E-state index contributed by atoms with van der Waals surface area (Å²) in [6.07, 6.45) is 3.93. The molecule has 1 heterocycles. The third-order valence-corrected chi connectivity index (χ3v) is 5.29. The Kier molecular flexibility index (Phi) is 9.27. The van der Waals surface area contributed by atoms with Crippen molar-refractivity contribution in [2.45, 2.75) is 34.1 Å². The molecule has 0 fully saturated rings. The lowest BCUT2D eigenvalue weighted by molar-refractivity contribution is -0.111. The van der Waals surface area contributed by atoms with E-state index in [1.807, 2.05) is 31.2 Å². The van der Waals surface area contributed by atoms with Gasteiger partial charge in [-0.1, -0.05) is 19.1 Å². The highest BCUT2D eigenvalue weighted by molar-refractivity contribution is 7.18. The van der Waals surface area contributed by atoms with Crippen molar-refractivity contribution in [1.29, 1.82) is 0 Å². The van der Waals surface area contributed by atoms with Crippen LogP contribution < -0.4 is 10.1 Å². The lowest BCUT2D eigenvalue weighted by Crippen LogP contribution is -2.13. The molecule has 0 saturated carbocycles. The van der Waals surface area contributed by atoms with E-state index >= 15 is 0 Å². The van der Waals surface area contributed by atoms with E-state index in [-0.39, 0.29) is 28.7 Å². The molecule has 166 valence electrons. The summed E-state index contributed by atoms with van der Waals surface area (Å²) in [5.41, 5.74) is 1.40. The molecule has 0 atom stereocenters. The number of nitrogens with one attached hydrogen (secondary N) is 1. The van der Waals surface area contributed by atoms with Crippen LogP contribution in [0.2, 0.25) is 0 Å². The molecule has 31 heavy (non-hydrogen) atoms. The van der Waals surface area contributed by atoms with E-state index in [1.165, 1.54) is 6.08 Å². The first-order valence-corrected chi connectivity index (χ1v) is 10.9. The summed E-state index contributed by atoms with van der Waals surface area (Å²) >= 11 is 0.990. The highest BCUT2D eigenvalue weighted by atomic mass is 32.1. The first-order valence-electron chi connectivity index (χ1n) is 10.1. The fraction of sp³-hybridized carbons (Fsp3) is 0.348. The van der Waals surface area contributed by atoms with E-state index in [4.69, 9.17) is 14.2 Å². The summed E-state index contributed by atoms with van der Waals surface area (Å²) in [6.45, 7) is 8.07. The smallest absolute Gasteiger partial charge is 0.348 e. The molecular formula is C23H27NO6S. The van der Waals surface area contributed by atoms with E-state index in [0.29, 0.717) is 12.2 Å². The maximum absolute atomic E-state index is 12.5. The number of thiophene rings is 1. The molecule has 8 heteroatoms. The Balaban J connectivity index is 2.18. The van der Waals surface area contributed by atoms with Crippen molar-refractivity contribution >= 4 is 40.3 Å². The van der Waals surface area contributed by atoms with Crippen molar-refractivity contribution in [2.24, 2.45) is 0 Å². The van der Waals surface area contributed by atoms with Crippen LogP contribution in [0, 0.1) is 6.92 Å². The average Bonchev–Trinajstić information content (AvgIpc) is 3.07. The third-order valence-electron chi connectivity index (χ3n) is 4.10. The standard InChI is InChI=1S/C23H27NO6S/c1-5-14-30-17-11-8-16(9-12-17)10-13-18(25)24-21-19(22(26)28-6-2)15(4)20(31-21)23(27)29-7-3/h8-13H,5-7,14H2,1-4H3,(H,24,25). The molecule has 1 amide bonds. The normalized spacial score (nSPS) is 10.7. The minimum atomic E-state index is -0.603. The number of carbonyl (C=O) groups excluding carboxylic acids is 3. The molecule has 1 N–H and O–H groups in total. The zero-order chi connectivity index (χ0) is 22.8. The lowest BCUT2D eigenvalue weighted by Gasteiger charge is -2.06. The van der Waals surface area contributed by atoms with Gasteiger partial charge < -0.3 is 19.5 Å². The topological polar surface area (TPSA) is 90.9 Å². The van der Waals surface area contributed by atoms with Crippen LogP contribution in [0.3, 0.4) is 0 Å². The maximum atomic E-state index is 12.5. The summed E-state index contributed by atoms with van der Waals surface area (Å²) in [4.78, 5) is 37.3. The van der Waals surface area contributed by atoms with Crippen molar-refractivity contribution in [3.63, 3.8) is 0 Å². The number of carbonyl (C=O) groups is 3. The highest BCUT2D eigenvalue weighted by Gasteiger charge is 2.27. The minimum Gasteiger partial charge on any atom is -0.494 e. The monoisotopic (exact) mass is 445 g/mol. The van der Waals surface area contributed by atoms with E-state index in [1.54, 1.807) is 26.8 Å². The van der Waals surface area contributed by atoms with Crippen molar-refractivity contribution < 1.29 is 28.6 Å². The van der Waals surface area contributed by atoms with Crippen LogP contribution in [0.5, 0.6) is 5.75 Å². The fourth-order valence-electron chi connectivity index (χ4n) is 2.66. The van der Waals surface area contributed by atoms with E-state index in [2.05, 4.69) is 5.32 Å². The molecule has 0 aliphatic carbocycles. The summed E-state index contributed by atoms with van der Waals surface area (Å²) in [5, 5.41) is 2.92. The molecule has 2 aromatic rings. The zero-order valence-electron chi connectivity index (χ0n) is 18.2. The number of hydrogen-bond acceptors (Lipinski definition) is 7. The quantitative estimate of drug-likeness (QED) is 0.415. The number of rotatable bonds is 10. The number of ether oxygens (including phenoxy) is 3. The van der Waals surface area contributed by atoms with Gasteiger partial charge in [0.1, 0.15) is 15.6 Å². The molecule has 0 spiro atoms. The molecule has 1 aromatic carbocycles. The Morgan fingerprint density at radius 1 is 1.00 bits per heavy atom. The largest absolute Gasteiger partial charge is 0.494 e. The Morgan fingerprint density at radius 2 is 1.65 bits per heavy atom. The predicted octanol–water partition coefficient (Wildman–Crippen LogP) is 4.85. The van der Waals surface area contributed by atoms with E-state index < -0.39 is 17.8 Å². The molecule has 0 radical (unpaired) electrons. The number of esters is 2. The molecule has 1 aromatic heterocycles. The Hall–Kier alpha value is -3.13. The van der Waals surface area contributed by atoms with Gasteiger partial charge in [0.05, 0.1) is 25.4 Å². The van der Waals surface area contributed by atoms with Gasteiger partial charge in [-0.15, -0.1) is 11.3 Å². The van der Waals surface area contributed by atoms with Crippen molar-refractivity contribution in [2.75, 3.05) is 25.1 Å². The summed E-state index contributed by atoms with van der Waals surface area (Å²) in [6, 6.07) is 7.35. The van der Waals surface area contributed by atoms with Gasteiger partial charge in [-0.25, -0.2) is 9.59 Å². The van der Waals surface area contributed by atoms with Crippen LogP contribution in [0.4, 0.5) is 5.00 Å². The van der Waals surface area contributed by atoms with Crippen molar-refractivity contribution in [3.8, 4) is 5.75 Å². The third kappa shape index (κ3) is 6.68. The molecule has 7 nitrogen and oxygen atoms in total. The lowest BCUT2D eigenvalue weighted by atomic mass is 10.1. The molecule has 0 aliphatic heterocycles. The van der Waals surface area contributed by atoms with Crippen LogP contribution in [-0.2, 0) is 14.3 Å². The van der Waals surface area contributed by atoms with Gasteiger partial charge in [-0.3, -0.25) is 4.79 Å². The van der Waals surface area contributed by atoms with E-state index in [9.17, 15) is 14.4 Å². The van der Waals surface area contributed by atoms with Gasteiger partial charge in [-0.05, 0) is 56.5 Å². The number of benzene rings is 1. The van der Waals surface area contributed by atoms with Crippen LogP contribution >= 0.6 is 11.3 Å². The molecular weight excluding hydrogens is 418 g/mol. The van der Waals surface area contributed by atoms with Gasteiger partial charge in [0.15, 0.2) is 0 Å². The van der Waals surface area contributed by atoms with Gasteiger partial charge in [0, 0.05) is 6.08 Å². The molecule has 0 saturated heterocycles. The van der Waals surface area contributed by atoms with Gasteiger partial charge >= 0.3 is 11.9 Å². The molecule has 0 unspecified atom stereocenters. The van der Waals surface area contributed by atoms with Crippen LogP contribution in [-0.4, -0.2) is 37.7 Å². The summed E-state index contributed by atoms with van der Waals surface area (Å²) in [7, 11) is 0.